The van der Waals surface area contributed by atoms with Crippen LogP contribution in [0, 0.1) is 6.92 Å². The zero-order chi connectivity index (χ0) is 14.8. The van der Waals surface area contributed by atoms with Crippen LogP contribution in [-0.4, -0.2) is 46.3 Å². The van der Waals surface area contributed by atoms with Gasteiger partial charge in [-0.3, -0.25) is 0 Å². The highest BCUT2D eigenvalue weighted by molar-refractivity contribution is 5.67. The molecule has 0 aromatic carbocycles. The lowest BCUT2D eigenvalue weighted by Gasteiger charge is -2.32. The number of carbonyl (C=O) groups excluding carboxylic acids is 1. The summed E-state index contributed by atoms with van der Waals surface area (Å²) in [7, 11) is 0. The van der Waals surface area contributed by atoms with Crippen LogP contribution in [0.4, 0.5) is 10.7 Å². The van der Waals surface area contributed by atoms with Crippen LogP contribution in [0.5, 0.6) is 0 Å². The van der Waals surface area contributed by atoms with Gasteiger partial charge in [-0.25, -0.2) is 9.78 Å². The Balaban J connectivity index is 1.62. The van der Waals surface area contributed by atoms with Gasteiger partial charge in [0.15, 0.2) is 0 Å². The molecule has 1 aromatic heterocycles. The van der Waals surface area contributed by atoms with Crippen molar-refractivity contribution in [2.45, 2.75) is 51.6 Å². The number of imidazole rings is 1. The molecule has 0 atom stereocenters. The number of carbonyl (C=O) groups is 1. The summed E-state index contributed by atoms with van der Waals surface area (Å²) >= 11 is 0. The van der Waals surface area contributed by atoms with Gasteiger partial charge in [-0.1, -0.05) is 0 Å². The third kappa shape index (κ3) is 3.31. The summed E-state index contributed by atoms with van der Waals surface area (Å²) in [6, 6.07) is 1.02. The largest absolute Gasteiger partial charge is 0.450 e. The van der Waals surface area contributed by atoms with Gasteiger partial charge in [-0.05, 0) is 39.5 Å². The fraction of sp³-hybridized carbons (Fsp3) is 0.733. The van der Waals surface area contributed by atoms with Crippen LogP contribution in [0.1, 0.15) is 44.3 Å². The fourth-order valence-corrected chi connectivity index (χ4v) is 2.85. The van der Waals surface area contributed by atoms with Crippen LogP contribution in [0.3, 0.4) is 0 Å². The third-order valence-corrected chi connectivity index (χ3v) is 4.15. The maximum absolute atomic E-state index is 11.7. The lowest BCUT2D eigenvalue weighted by atomic mass is 10.1. The molecule has 0 radical (unpaired) electrons. The monoisotopic (exact) mass is 292 g/mol. The van der Waals surface area contributed by atoms with E-state index in [2.05, 4.69) is 21.1 Å². The second-order valence-electron chi connectivity index (χ2n) is 5.95. The molecule has 0 spiro atoms. The number of hydrogen-bond acceptors (Lipinski definition) is 4. The van der Waals surface area contributed by atoms with Crippen molar-refractivity contribution in [3.05, 3.63) is 11.9 Å². The molecule has 0 unspecified atom stereocenters. The van der Waals surface area contributed by atoms with E-state index in [-0.39, 0.29) is 6.09 Å². The molecular formula is C15H24N4O2. The number of anilines is 1. The van der Waals surface area contributed by atoms with Crippen molar-refractivity contribution < 1.29 is 9.53 Å². The summed E-state index contributed by atoms with van der Waals surface area (Å²) < 4.78 is 7.33. The van der Waals surface area contributed by atoms with Crippen LogP contribution in [0.25, 0.3) is 0 Å². The molecule has 116 valence electrons. The number of hydrogen-bond donors (Lipinski definition) is 1. The predicted octanol–water partition coefficient (Wildman–Crippen LogP) is 2.56. The van der Waals surface area contributed by atoms with Gasteiger partial charge in [0.1, 0.15) is 0 Å². The maximum atomic E-state index is 11.7. The van der Waals surface area contributed by atoms with Gasteiger partial charge in [0.2, 0.25) is 5.95 Å². The van der Waals surface area contributed by atoms with Crippen molar-refractivity contribution in [3.63, 3.8) is 0 Å². The number of amides is 1. The molecule has 1 aliphatic heterocycles. The summed E-state index contributed by atoms with van der Waals surface area (Å²) in [6.45, 7) is 5.82. The van der Waals surface area contributed by atoms with Gasteiger partial charge in [0, 0.05) is 31.4 Å². The van der Waals surface area contributed by atoms with E-state index < -0.39 is 0 Å². The maximum Gasteiger partial charge on any atom is 0.409 e. The molecule has 6 heteroatoms. The Morgan fingerprint density at radius 3 is 2.71 bits per heavy atom. The SMILES string of the molecule is CCOC(=O)N1CCC(n2cc(C)nc2NC2CC2)CC1. The van der Waals surface area contributed by atoms with Crippen molar-refractivity contribution in [3.8, 4) is 0 Å². The van der Waals surface area contributed by atoms with Crippen LogP contribution in [0.2, 0.25) is 0 Å². The third-order valence-electron chi connectivity index (χ3n) is 4.15. The average molecular weight is 292 g/mol. The number of piperidine rings is 1. The van der Waals surface area contributed by atoms with E-state index in [1.165, 1.54) is 12.8 Å². The van der Waals surface area contributed by atoms with Crippen LogP contribution < -0.4 is 5.32 Å². The fourth-order valence-electron chi connectivity index (χ4n) is 2.85. The van der Waals surface area contributed by atoms with Gasteiger partial charge in [-0.15, -0.1) is 0 Å². The van der Waals surface area contributed by atoms with E-state index in [9.17, 15) is 4.79 Å². The van der Waals surface area contributed by atoms with Gasteiger partial charge in [0.05, 0.1) is 12.3 Å². The van der Waals surface area contributed by atoms with Crippen molar-refractivity contribution in [2.24, 2.45) is 0 Å². The molecule has 2 fully saturated rings. The van der Waals surface area contributed by atoms with Gasteiger partial charge in [0.25, 0.3) is 0 Å². The summed E-state index contributed by atoms with van der Waals surface area (Å²) in [6.07, 6.45) is 6.33. The summed E-state index contributed by atoms with van der Waals surface area (Å²) in [4.78, 5) is 18.1. The lowest BCUT2D eigenvalue weighted by molar-refractivity contribution is 0.0928. The predicted molar refractivity (Wildman–Crippen MR) is 80.5 cm³/mol. The van der Waals surface area contributed by atoms with Crippen LogP contribution in [-0.2, 0) is 4.74 Å². The summed E-state index contributed by atoms with van der Waals surface area (Å²) in [5.74, 6) is 0.990. The molecular weight excluding hydrogens is 268 g/mol. The molecule has 2 aliphatic rings. The molecule has 1 saturated heterocycles. The minimum Gasteiger partial charge on any atom is -0.450 e. The van der Waals surface area contributed by atoms with E-state index in [0.29, 0.717) is 18.7 Å². The molecule has 6 nitrogen and oxygen atoms in total. The number of aryl methyl sites for hydroxylation is 1. The number of nitrogens with one attached hydrogen (secondary N) is 1. The molecule has 1 saturated carbocycles. The Kier molecular flexibility index (Phi) is 4.03. The molecule has 1 amide bonds. The number of ether oxygens (including phenoxy) is 1. The first-order valence-electron chi connectivity index (χ1n) is 7.91. The average Bonchev–Trinajstić information content (AvgIpc) is 3.21. The smallest absolute Gasteiger partial charge is 0.409 e. The van der Waals surface area contributed by atoms with E-state index in [0.717, 1.165) is 37.6 Å². The van der Waals surface area contributed by atoms with Gasteiger partial charge in [-0.2, -0.15) is 0 Å². The lowest BCUT2D eigenvalue weighted by Crippen LogP contribution is -2.39. The van der Waals surface area contributed by atoms with Crippen molar-refractivity contribution in [1.82, 2.24) is 14.5 Å². The molecule has 0 bridgehead atoms. The molecule has 3 rings (SSSR count). The Bertz CT molecular complexity index is 502. The highest BCUT2D eigenvalue weighted by atomic mass is 16.6. The van der Waals surface area contributed by atoms with Crippen LogP contribution in [0.15, 0.2) is 6.20 Å². The van der Waals surface area contributed by atoms with Gasteiger partial charge < -0.3 is 19.5 Å². The van der Waals surface area contributed by atoms with Crippen molar-refractivity contribution in [1.29, 1.82) is 0 Å². The number of nitrogens with zero attached hydrogens (tertiary/aromatic N) is 3. The topological polar surface area (TPSA) is 59.4 Å². The quantitative estimate of drug-likeness (QED) is 0.926. The molecule has 1 aliphatic carbocycles. The zero-order valence-electron chi connectivity index (χ0n) is 12.8. The summed E-state index contributed by atoms with van der Waals surface area (Å²) in [5, 5.41) is 3.50. The number of aromatic nitrogens is 2. The Morgan fingerprint density at radius 2 is 2.10 bits per heavy atom. The van der Waals surface area contributed by atoms with E-state index in [1.54, 1.807) is 4.90 Å². The minimum atomic E-state index is -0.186. The van der Waals surface area contributed by atoms with Crippen molar-refractivity contribution >= 4 is 12.0 Å². The van der Waals surface area contributed by atoms with Gasteiger partial charge >= 0.3 is 6.09 Å². The Hall–Kier alpha value is -1.72. The highest BCUT2D eigenvalue weighted by Gasteiger charge is 2.28. The molecule has 1 aromatic rings. The first-order chi connectivity index (χ1) is 10.2. The Morgan fingerprint density at radius 1 is 1.38 bits per heavy atom. The second-order valence-corrected chi connectivity index (χ2v) is 5.95. The van der Waals surface area contributed by atoms with E-state index in [4.69, 9.17) is 4.74 Å². The number of rotatable bonds is 4. The van der Waals surface area contributed by atoms with E-state index in [1.807, 2.05) is 13.8 Å². The van der Waals surface area contributed by atoms with E-state index >= 15 is 0 Å². The molecule has 21 heavy (non-hydrogen) atoms. The molecule has 1 N–H and O–H groups in total. The first-order valence-corrected chi connectivity index (χ1v) is 7.91. The zero-order valence-corrected chi connectivity index (χ0v) is 12.8. The van der Waals surface area contributed by atoms with Crippen molar-refractivity contribution in [2.75, 3.05) is 25.0 Å². The Labute approximate surface area is 125 Å². The van der Waals surface area contributed by atoms with Crippen LogP contribution >= 0.6 is 0 Å². The number of likely N-dealkylation sites (tertiary alicyclic amines) is 1. The normalized spacial score (nSPS) is 19.6. The standard InChI is InChI=1S/C15H24N4O2/c1-3-21-15(20)18-8-6-13(7-9-18)19-10-11(2)16-14(19)17-12-4-5-12/h10,12-13H,3-9H2,1-2H3,(H,16,17). The minimum absolute atomic E-state index is 0.186. The molecule has 2 heterocycles. The summed E-state index contributed by atoms with van der Waals surface area (Å²) in [5.41, 5.74) is 1.05. The first kappa shape index (κ1) is 14.2. The highest BCUT2D eigenvalue weighted by Crippen LogP contribution is 2.30. The second kappa shape index (κ2) is 5.95.